The summed E-state index contributed by atoms with van der Waals surface area (Å²) in [7, 11) is 0. The number of carboxylic acid groups (broad SMARTS) is 1. The van der Waals surface area contributed by atoms with Crippen molar-refractivity contribution in [3.05, 3.63) is 55.1 Å². The van der Waals surface area contributed by atoms with Crippen LogP contribution in [-0.2, 0) is 4.79 Å². The van der Waals surface area contributed by atoms with Gasteiger partial charge in [-0.1, -0.05) is 0 Å². The number of benzene rings is 1. The van der Waals surface area contributed by atoms with Crippen molar-refractivity contribution in [2.75, 3.05) is 47.4 Å². The van der Waals surface area contributed by atoms with E-state index in [0.717, 1.165) is 30.9 Å². The van der Waals surface area contributed by atoms with E-state index in [1.807, 2.05) is 33.7 Å². The second-order valence-corrected chi connectivity index (χ2v) is 9.66. The number of piperazine rings is 1. The molecule has 0 radical (unpaired) electrons. The zero-order valence-corrected chi connectivity index (χ0v) is 20.5. The lowest BCUT2D eigenvalue weighted by atomic mass is 9.99. The molecular formula is C26H28N8O3. The number of nitrogens with zero attached hydrogens (tertiary/aromatic N) is 8. The van der Waals surface area contributed by atoms with E-state index in [0.29, 0.717) is 49.0 Å². The minimum atomic E-state index is -1.06. The molecule has 5 heterocycles. The topological polar surface area (TPSA) is 124 Å². The van der Waals surface area contributed by atoms with Crippen molar-refractivity contribution < 1.29 is 15.0 Å². The Morgan fingerprint density at radius 2 is 1.62 bits per heavy atom. The Morgan fingerprint density at radius 1 is 0.919 bits per heavy atom. The molecule has 1 unspecified atom stereocenters. The van der Waals surface area contributed by atoms with Crippen molar-refractivity contribution in [2.45, 2.75) is 25.3 Å². The number of aromatic hydroxyl groups is 1. The molecule has 11 heteroatoms. The number of aliphatic carboxylic acids is 1. The Labute approximate surface area is 213 Å². The van der Waals surface area contributed by atoms with E-state index in [4.69, 9.17) is 9.97 Å². The van der Waals surface area contributed by atoms with Crippen LogP contribution in [-0.4, -0.2) is 78.9 Å². The average Bonchev–Trinajstić information content (AvgIpc) is 3.54. The number of hydrogen-bond donors (Lipinski definition) is 2. The summed E-state index contributed by atoms with van der Waals surface area (Å²) >= 11 is 0. The molecule has 37 heavy (non-hydrogen) atoms. The molecule has 1 atom stereocenters. The lowest BCUT2D eigenvalue weighted by molar-refractivity contribution is -0.142. The van der Waals surface area contributed by atoms with Gasteiger partial charge in [0.1, 0.15) is 17.6 Å². The third-order valence-corrected chi connectivity index (χ3v) is 7.44. The second-order valence-electron chi connectivity index (χ2n) is 9.66. The zero-order valence-electron chi connectivity index (χ0n) is 20.5. The molecule has 3 aromatic heterocycles. The van der Waals surface area contributed by atoms with Crippen LogP contribution in [0, 0.1) is 0 Å². The molecule has 1 aromatic carbocycles. The summed E-state index contributed by atoms with van der Waals surface area (Å²) in [6, 6.07) is 11.0. The predicted molar refractivity (Wildman–Crippen MR) is 140 cm³/mol. The van der Waals surface area contributed by atoms with Gasteiger partial charge in [0.2, 0.25) is 5.95 Å². The number of rotatable bonds is 5. The van der Waals surface area contributed by atoms with E-state index in [9.17, 15) is 15.0 Å². The highest BCUT2D eigenvalue weighted by atomic mass is 16.4. The van der Waals surface area contributed by atoms with Gasteiger partial charge in [-0.2, -0.15) is 9.97 Å². The summed E-state index contributed by atoms with van der Waals surface area (Å²) in [5, 5.41) is 19.7. The first kappa shape index (κ1) is 23.0. The number of phenolic OH excluding ortho intramolecular Hbond substituents is 1. The van der Waals surface area contributed by atoms with Gasteiger partial charge < -0.3 is 24.9 Å². The minimum Gasteiger partial charge on any atom is -0.508 e. The van der Waals surface area contributed by atoms with Crippen LogP contribution < -0.4 is 14.7 Å². The van der Waals surface area contributed by atoms with Gasteiger partial charge in [-0.15, -0.1) is 0 Å². The smallest absolute Gasteiger partial charge is 0.329 e. The fourth-order valence-electron chi connectivity index (χ4n) is 5.25. The summed E-state index contributed by atoms with van der Waals surface area (Å²) in [5.41, 5.74) is 2.08. The number of fused-ring (bicyclic) bond motifs is 1. The van der Waals surface area contributed by atoms with E-state index < -0.39 is 11.5 Å². The van der Waals surface area contributed by atoms with Crippen molar-refractivity contribution in [3.8, 4) is 11.4 Å². The number of pyridine rings is 1. The third kappa shape index (κ3) is 3.96. The Bertz CT molecular complexity index is 1430. The Kier molecular flexibility index (Phi) is 5.54. The van der Waals surface area contributed by atoms with E-state index in [1.54, 1.807) is 37.8 Å². The van der Waals surface area contributed by atoms with Crippen LogP contribution in [0.5, 0.6) is 5.75 Å². The zero-order chi connectivity index (χ0) is 25.6. The fraction of sp³-hybridized carbons (Fsp3) is 0.346. The van der Waals surface area contributed by atoms with Crippen LogP contribution in [0.3, 0.4) is 0 Å². The minimum absolute atomic E-state index is 0.248. The van der Waals surface area contributed by atoms with E-state index in [1.165, 1.54) is 0 Å². The molecule has 190 valence electrons. The monoisotopic (exact) mass is 500 g/mol. The van der Waals surface area contributed by atoms with Crippen molar-refractivity contribution in [2.24, 2.45) is 0 Å². The van der Waals surface area contributed by atoms with Crippen molar-refractivity contribution in [3.63, 3.8) is 0 Å². The van der Waals surface area contributed by atoms with Gasteiger partial charge in [0, 0.05) is 50.8 Å². The maximum atomic E-state index is 12.3. The molecule has 0 spiro atoms. The lowest BCUT2D eigenvalue weighted by Gasteiger charge is -2.37. The summed E-state index contributed by atoms with van der Waals surface area (Å²) < 4.78 is 1.90. The highest BCUT2D eigenvalue weighted by Gasteiger charge is 2.45. The van der Waals surface area contributed by atoms with E-state index in [-0.39, 0.29) is 5.75 Å². The quantitative estimate of drug-likeness (QED) is 0.423. The van der Waals surface area contributed by atoms with Crippen molar-refractivity contribution in [1.82, 2.24) is 24.5 Å². The molecule has 4 aromatic rings. The Balaban J connectivity index is 1.40. The Hall–Kier alpha value is -4.41. The van der Waals surface area contributed by atoms with Crippen molar-refractivity contribution >= 4 is 34.6 Å². The molecule has 0 amide bonds. The number of anilines is 3. The van der Waals surface area contributed by atoms with Crippen LogP contribution in [0.2, 0.25) is 0 Å². The summed E-state index contributed by atoms with van der Waals surface area (Å²) in [6.07, 6.45) is 6.45. The number of carboxylic acids is 1. The maximum Gasteiger partial charge on any atom is 0.329 e. The standard InChI is InChI=1S/C26H28N8O3/c1-26(24(36)37)9-2-12-34(26)23-21-22(33(17-28-21)19-7-10-27-11-8-19)29-25(30-23)32-15-13-31(14-16-32)18-3-5-20(35)6-4-18/h3-8,10-11,17,35H,2,9,12-16H2,1H3,(H,36,37). The third-order valence-electron chi connectivity index (χ3n) is 7.44. The molecule has 2 fully saturated rings. The lowest BCUT2D eigenvalue weighted by Crippen LogP contribution is -2.49. The molecule has 2 aliphatic rings. The molecule has 2 aliphatic heterocycles. The van der Waals surface area contributed by atoms with Gasteiger partial charge in [0.05, 0.1) is 5.69 Å². The van der Waals surface area contributed by atoms with Crippen LogP contribution in [0.4, 0.5) is 17.5 Å². The highest BCUT2D eigenvalue weighted by Crippen LogP contribution is 2.37. The molecule has 0 saturated carbocycles. The molecule has 2 saturated heterocycles. The first-order valence-corrected chi connectivity index (χ1v) is 12.4. The SMILES string of the molecule is CC1(C(=O)O)CCCN1c1nc(N2CCN(c3ccc(O)cc3)CC2)nc2c1ncn2-c1ccncc1. The van der Waals surface area contributed by atoms with Crippen LogP contribution in [0.25, 0.3) is 16.9 Å². The fourth-order valence-corrected chi connectivity index (χ4v) is 5.25. The predicted octanol–water partition coefficient (Wildman–Crippen LogP) is 2.69. The summed E-state index contributed by atoms with van der Waals surface area (Å²) in [5.74, 6) is 0.492. The molecule has 6 rings (SSSR count). The van der Waals surface area contributed by atoms with E-state index >= 15 is 0 Å². The van der Waals surface area contributed by atoms with Crippen LogP contribution in [0.1, 0.15) is 19.8 Å². The molecule has 2 N–H and O–H groups in total. The number of imidazole rings is 1. The van der Waals surface area contributed by atoms with Gasteiger partial charge in [-0.05, 0) is 56.2 Å². The number of hydrogen-bond acceptors (Lipinski definition) is 9. The molecule has 11 nitrogen and oxygen atoms in total. The number of phenols is 1. The van der Waals surface area contributed by atoms with Gasteiger partial charge in [0.25, 0.3) is 0 Å². The van der Waals surface area contributed by atoms with Gasteiger partial charge in [-0.3, -0.25) is 9.55 Å². The molecule has 0 bridgehead atoms. The van der Waals surface area contributed by atoms with Crippen LogP contribution >= 0.6 is 0 Å². The second kappa shape index (κ2) is 8.91. The van der Waals surface area contributed by atoms with Crippen molar-refractivity contribution in [1.29, 1.82) is 0 Å². The first-order chi connectivity index (χ1) is 17.9. The number of carbonyl (C=O) groups is 1. The van der Waals surface area contributed by atoms with Crippen LogP contribution in [0.15, 0.2) is 55.1 Å². The normalized spacial score (nSPS) is 20.1. The largest absolute Gasteiger partial charge is 0.508 e. The number of aromatic nitrogens is 5. The van der Waals surface area contributed by atoms with Gasteiger partial charge >= 0.3 is 5.97 Å². The average molecular weight is 501 g/mol. The molecular weight excluding hydrogens is 472 g/mol. The van der Waals surface area contributed by atoms with Gasteiger partial charge in [0.15, 0.2) is 17.0 Å². The van der Waals surface area contributed by atoms with E-state index in [2.05, 4.69) is 19.8 Å². The Morgan fingerprint density at radius 3 is 2.32 bits per heavy atom. The summed E-state index contributed by atoms with van der Waals surface area (Å²) in [4.78, 5) is 37.2. The molecule has 0 aliphatic carbocycles. The summed E-state index contributed by atoms with van der Waals surface area (Å²) in [6.45, 7) is 5.28. The first-order valence-electron chi connectivity index (χ1n) is 12.4. The van der Waals surface area contributed by atoms with Gasteiger partial charge in [-0.25, -0.2) is 9.78 Å². The maximum absolute atomic E-state index is 12.3. The highest BCUT2D eigenvalue weighted by molar-refractivity contribution is 5.91.